The molecule has 0 saturated heterocycles. The maximum absolute atomic E-state index is 3.76. The molecule has 0 spiro atoms. The molecule has 0 saturated carbocycles. The summed E-state index contributed by atoms with van der Waals surface area (Å²) >= 11 is 0. The number of benzene rings is 1. The van der Waals surface area contributed by atoms with E-state index in [0.29, 0.717) is 5.54 Å². The molecule has 1 unspecified atom stereocenters. The van der Waals surface area contributed by atoms with Gasteiger partial charge in [-0.2, -0.15) is 0 Å². The van der Waals surface area contributed by atoms with Crippen LogP contribution in [-0.4, -0.2) is 9.52 Å². The second kappa shape index (κ2) is 3.75. The molecule has 1 aromatic rings. The van der Waals surface area contributed by atoms with Crippen molar-refractivity contribution in [2.75, 3.05) is 0 Å². The van der Waals surface area contributed by atoms with Crippen LogP contribution in [0, 0.1) is 0 Å². The van der Waals surface area contributed by atoms with Gasteiger partial charge in [0, 0.05) is 0 Å². The summed E-state index contributed by atoms with van der Waals surface area (Å²) in [5.74, 6) is 0. The lowest BCUT2D eigenvalue weighted by Gasteiger charge is -2.07. The molecule has 2 radical (unpaired) electrons. The van der Waals surface area contributed by atoms with E-state index in [1.165, 1.54) is 11.1 Å². The van der Waals surface area contributed by atoms with E-state index < -0.39 is 0 Å². The third-order valence-corrected chi connectivity index (χ3v) is 3.75. The zero-order chi connectivity index (χ0) is 9.10. The molecule has 0 heterocycles. The minimum absolute atomic E-state index is 0.647. The standard InChI is InChI=1S/C12H12Si/c1-2-9-13-12-8-7-10-5-3-4-6-11(10)12/h2-8,12H,1,9H2. The molecule has 0 aliphatic heterocycles. The summed E-state index contributed by atoms with van der Waals surface area (Å²) in [5.41, 5.74) is 3.53. The monoisotopic (exact) mass is 184 g/mol. The number of hydrogen-bond acceptors (Lipinski definition) is 0. The van der Waals surface area contributed by atoms with E-state index in [4.69, 9.17) is 0 Å². The zero-order valence-corrected chi connectivity index (χ0v) is 8.53. The van der Waals surface area contributed by atoms with E-state index in [1.807, 2.05) is 6.08 Å². The molecule has 1 atom stereocenters. The summed E-state index contributed by atoms with van der Waals surface area (Å²) in [4.78, 5) is 0. The molecule has 2 rings (SSSR count). The molecule has 0 aromatic heterocycles. The molecule has 13 heavy (non-hydrogen) atoms. The number of hydrogen-bond donors (Lipinski definition) is 0. The summed E-state index contributed by atoms with van der Waals surface area (Å²) in [7, 11) is 0.948. The topological polar surface area (TPSA) is 0 Å². The first-order valence-corrected chi connectivity index (χ1v) is 5.81. The Morgan fingerprint density at radius 2 is 2.23 bits per heavy atom. The highest BCUT2D eigenvalue weighted by molar-refractivity contribution is 6.40. The van der Waals surface area contributed by atoms with Crippen molar-refractivity contribution in [2.24, 2.45) is 0 Å². The van der Waals surface area contributed by atoms with Gasteiger partial charge in [0.15, 0.2) is 0 Å². The second-order valence-corrected chi connectivity index (χ2v) is 4.60. The smallest absolute Gasteiger partial charge is 0.0568 e. The van der Waals surface area contributed by atoms with Gasteiger partial charge in [-0.3, -0.25) is 0 Å². The Kier molecular flexibility index (Phi) is 2.46. The van der Waals surface area contributed by atoms with Crippen LogP contribution >= 0.6 is 0 Å². The first-order valence-electron chi connectivity index (χ1n) is 4.53. The fraction of sp³-hybridized carbons (Fsp3) is 0.167. The highest BCUT2D eigenvalue weighted by Gasteiger charge is 2.15. The highest BCUT2D eigenvalue weighted by Crippen LogP contribution is 2.29. The van der Waals surface area contributed by atoms with Crippen molar-refractivity contribution in [2.45, 2.75) is 11.6 Å². The Labute approximate surface area is 81.8 Å². The summed E-state index contributed by atoms with van der Waals surface area (Å²) in [6.07, 6.45) is 6.55. The summed E-state index contributed by atoms with van der Waals surface area (Å²) < 4.78 is 0. The Bertz CT molecular complexity index is 339. The van der Waals surface area contributed by atoms with Gasteiger partial charge in [0.1, 0.15) is 0 Å². The predicted octanol–water partition coefficient (Wildman–Crippen LogP) is 3.06. The lowest BCUT2D eigenvalue weighted by molar-refractivity contribution is 1.22. The Morgan fingerprint density at radius 1 is 1.38 bits per heavy atom. The zero-order valence-electron chi connectivity index (χ0n) is 7.53. The number of rotatable bonds is 3. The van der Waals surface area contributed by atoms with E-state index >= 15 is 0 Å². The molecule has 0 amide bonds. The van der Waals surface area contributed by atoms with Gasteiger partial charge in [-0.15, -0.1) is 6.58 Å². The molecule has 0 N–H and O–H groups in total. The minimum Gasteiger partial charge on any atom is -0.103 e. The van der Waals surface area contributed by atoms with E-state index in [0.717, 1.165) is 15.6 Å². The summed E-state index contributed by atoms with van der Waals surface area (Å²) in [5, 5.41) is 0. The molecule has 1 aliphatic carbocycles. The Morgan fingerprint density at radius 3 is 3.08 bits per heavy atom. The van der Waals surface area contributed by atoms with Crippen molar-refractivity contribution in [1.29, 1.82) is 0 Å². The second-order valence-electron chi connectivity index (χ2n) is 3.16. The van der Waals surface area contributed by atoms with E-state index in [9.17, 15) is 0 Å². The molecule has 1 aliphatic rings. The van der Waals surface area contributed by atoms with E-state index in [1.54, 1.807) is 0 Å². The number of fused-ring (bicyclic) bond motifs is 1. The van der Waals surface area contributed by atoms with Crippen LogP contribution < -0.4 is 0 Å². The van der Waals surface area contributed by atoms with Gasteiger partial charge < -0.3 is 0 Å². The summed E-state index contributed by atoms with van der Waals surface area (Å²) in [6.45, 7) is 3.76. The lowest BCUT2D eigenvalue weighted by Crippen LogP contribution is -2.01. The number of allylic oxidation sites excluding steroid dienone is 2. The lowest BCUT2D eigenvalue weighted by atomic mass is 10.1. The molecule has 0 fully saturated rings. The van der Waals surface area contributed by atoms with Gasteiger partial charge in [0.25, 0.3) is 0 Å². The van der Waals surface area contributed by atoms with Gasteiger partial charge in [0.2, 0.25) is 0 Å². The van der Waals surface area contributed by atoms with Crippen molar-refractivity contribution in [3.8, 4) is 0 Å². The van der Waals surface area contributed by atoms with Crippen LogP contribution in [0.25, 0.3) is 6.08 Å². The molecule has 0 bridgehead atoms. The van der Waals surface area contributed by atoms with Crippen molar-refractivity contribution >= 4 is 15.6 Å². The maximum atomic E-state index is 3.76. The van der Waals surface area contributed by atoms with Crippen LogP contribution in [-0.2, 0) is 0 Å². The van der Waals surface area contributed by atoms with Crippen molar-refractivity contribution in [3.63, 3.8) is 0 Å². The van der Waals surface area contributed by atoms with Crippen LogP contribution in [0.2, 0.25) is 6.04 Å². The SMILES string of the molecule is C=CC[Si]C1C=Cc2ccccc21. The van der Waals surface area contributed by atoms with Crippen LogP contribution in [0.15, 0.2) is 43.0 Å². The molecule has 1 heteroatoms. The van der Waals surface area contributed by atoms with Crippen LogP contribution in [0.5, 0.6) is 0 Å². The van der Waals surface area contributed by atoms with E-state index in [-0.39, 0.29) is 0 Å². The van der Waals surface area contributed by atoms with Crippen LogP contribution in [0.1, 0.15) is 16.7 Å². The minimum atomic E-state index is 0.647. The largest absolute Gasteiger partial charge is 0.103 e. The fourth-order valence-electron chi connectivity index (χ4n) is 1.64. The van der Waals surface area contributed by atoms with Gasteiger partial charge >= 0.3 is 0 Å². The Balaban J connectivity index is 2.18. The van der Waals surface area contributed by atoms with Gasteiger partial charge in [-0.1, -0.05) is 42.5 Å². The maximum Gasteiger partial charge on any atom is 0.0568 e. The van der Waals surface area contributed by atoms with E-state index in [2.05, 4.69) is 43.0 Å². The molecule has 0 nitrogen and oxygen atoms in total. The third-order valence-electron chi connectivity index (χ3n) is 2.28. The molecular formula is C12H12Si. The molecule has 64 valence electrons. The normalized spacial score (nSPS) is 18.6. The average Bonchev–Trinajstić information content (AvgIpc) is 2.58. The Hall–Kier alpha value is -1.08. The van der Waals surface area contributed by atoms with Crippen molar-refractivity contribution < 1.29 is 0 Å². The fourth-order valence-corrected chi connectivity index (χ4v) is 2.77. The quantitative estimate of drug-likeness (QED) is 0.500. The highest BCUT2D eigenvalue weighted by atomic mass is 28.2. The first-order chi connectivity index (χ1) is 6.42. The van der Waals surface area contributed by atoms with Crippen LogP contribution in [0.4, 0.5) is 0 Å². The average molecular weight is 184 g/mol. The van der Waals surface area contributed by atoms with Crippen molar-refractivity contribution in [1.82, 2.24) is 0 Å². The first kappa shape index (κ1) is 8.51. The molecular weight excluding hydrogens is 172 g/mol. The van der Waals surface area contributed by atoms with Crippen LogP contribution in [0.3, 0.4) is 0 Å². The van der Waals surface area contributed by atoms with Gasteiger partial charge in [-0.05, 0) is 22.7 Å². The molecule has 1 aromatic carbocycles. The predicted molar refractivity (Wildman–Crippen MR) is 59.0 cm³/mol. The third kappa shape index (κ3) is 1.65. The van der Waals surface area contributed by atoms with Gasteiger partial charge in [0.05, 0.1) is 9.52 Å². The van der Waals surface area contributed by atoms with Gasteiger partial charge in [-0.25, -0.2) is 0 Å². The van der Waals surface area contributed by atoms with Crippen molar-refractivity contribution in [3.05, 3.63) is 54.1 Å². The summed E-state index contributed by atoms with van der Waals surface area (Å²) in [6, 6.07) is 9.77.